The maximum atomic E-state index is 12.9. The van der Waals surface area contributed by atoms with Crippen molar-refractivity contribution in [2.24, 2.45) is 5.73 Å². The second-order valence-electron chi connectivity index (χ2n) is 6.48. The number of primary amides is 1. The predicted molar refractivity (Wildman–Crippen MR) is 108 cm³/mol. The molecule has 0 aliphatic carbocycles. The van der Waals surface area contributed by atoms with Crippen molar-refractivity contribution in [1.29, 1.82) is 0 Å². The summed E-state index contributed by atoms with van der Waals surface area (Å²) in [6.45, 7) is 4.07. The molecule has 0 spiro atoms. The van der Waals surface area contributed by atoms with Crippen molar-refractivity contribution in [2.75, 3.05) is 7.05 Å². The lowest BCUT2D eigenvalue weighted by Crippen LogP contribution is -2.34. The van der Waals surface area contributed by atoms with Crippen LogP contribution in [0, 0.1) is 13.8 Å². The fourth-order valence-corrected chi connectivity index (χ4v) is 5.10. The molecule has 8 heteroatoms. The average molecular weight is 408 g/mol. The van der Waals surface area contributed by atoms with Crippen molar-refractivity contribution >= 4 is 40.3 Å². The minimum atomic E-state index is -0.633. The molecule has 2 unspecified atom stereocenters. The number of nitrogens with two attached hydrogens (primary N) is 1. The Morgan fingerprint density at radius 3 is 2.52 bits per heavy atom. The number of nitrogens with one attached hydrogen (secondary N) is 1. The summed E-state index contributed by atoms with van der Waals surface area (Å²) in [4.78, 5) is 42.8. The van der Waals surface area contributed by atoms with E-state index in [1.165, 1.54) is 18.4 Å². The minimum Gasteiger partial charge on any atom is -0.370 e. The normalized spacial score (nSPS) is 13.1. The molecule has 0 aliphatic rings. The Hall–Kier alpha value is -2.06. The van der Waals surface area contributed by atoms with E-state index in [0.29, 0.717) is 24.3 Å². The fourth-order valence-electron chi connectivity index (χ4n) is 3.30. The van der Waals surface area contributed by atoms with Crippen LogP contribution in [0.1, 0.15) is 57.8 Å². The third kappa shape index (κ3) is 5.46. The first-order valence-electron chi connectivity index (χ1n) is 8.85. The summed E-state index contributed by atoms with van der Waals surface area (Å²) in [6, 6.07) is 2.09. The van der Waals surface area contributed by atoms with E-state index in [-0.39, 0.29) is 11.8 Å². The van der Waals surface area contributed by atoms with Gasteiger partial charge in [-0.15, -0.1) is 22.7 Å². The molecule has 146 valence electrons. The van der Waals surface area contributed by atoms with Crippen LogP contribution < -0.4 is 11.1 Å². The van der Waals surface area contributed by atoms with E-state index < -0.39 is 17.6 Å². The van der Waals surface area contributed by atoms with Gasteiger partial charge in [0.2, 0.25) is 11.7 Å². The highest BCUT2D eigenvalue weighted by Crippen LogP contribution is 2.42. The number of thiazole rings is 1. The van der Waals surface area contributed by atoms with Crippen molar-refractivity contribution < 1.29 is 14.4 Å². The van der Waals surface area contributed by atoms with E-state index in [4.69, 9.17) is 5.73 Å². The zero-order valence-corrected chi connectivity index (χ0v) is 17.4. The number of rotatable bonds is 10. The number of Topliss-reactive ketones (excluding diaryl/α,β-unsaturated/α-hetero) is 1. The molecule has 2 aromatic rings. The van der Waals surface area contributed by atoms with Crippen molar-refractivity contribution in [3.63, 3.8) is 0 Å². The maximum absolute atomic E-state index is 12.9. The molecule has 2 amide bonds. The van der Waals surface area contributed by atoms with Gasteiger partial charge in [0.15, 0.2) is 0 Å². The second kappa shape index (κ2) is 9.75. The Labute approximate surface area is 167 Å². The van der Waals surface area contributed by atoms with Crippen LogP contribution in [0.4, 0.5) is 0 Å². The SMILES string of the molecule is CNC(=O)C(=O)C(c1nccs1)C(CCCCC(N)=O)c1cc(C)sc1C. The van der Waals surface area contributed by atoms with Crippen molar-refractivity contribution in [1.82, 2.24) is 10.3 Å². The van der Waals surface area contributed by atoms with Crippen LogP contribution in [0.15, 0.2) is 17.6 Å². The molecule has 3 N–H and O–H groups in total. The van der Waals surface area contributed by atoms with Crippen LogP contribution in [0.5, 0.6) is 0 Å². The van der Waals surface area contributed by atoms with Crippen LogP contribution in [0.2, 0.25) is 0 Å². The monoisotopic (exact) mass is 407 g/mol. The number of hydrogen-bond acceptors (Lipinski definition) is 6. The highest BCUT2D eigenvalue weighted by molar-refractivity contribution is 7.12. The molecule has 2 heterocycles. The molecule has 0 saturated carbocycles. The lowest BCUT2D eigenvalue weighted by Gasteiger charge is -2.24. The summed E-state index contributed by atoms with van der Waals surface area (Å²) in [5.41, 5.74) is 6.32. The Kier molecular flexibility index (Phi) is 7.67. The van der Waals surface area contributed by atoms with Gasteiger partial charge in [-0.3, -0.25) is 14.4 Å². The summed E-state index contributed by atoms with van der Waals surface area (Å²) in [7, 11) is 1.46. The molecular weight excluding hydrogens is 382 g/mol. The molecular formula is C19H25N3O3S2. The summed E-state index contributed by atoms with van der Waals surface area (Å²) in [5, 5.41) is 4.91. The summed E-state index contributed by atoms with van der Waals surface area (Å²) < 4.78 is 0. The maximum Gasteiger partial charge on any atom is 0.287 e. The molecule has 0 radical (unpaired) electrons. The average Bonchev–Trinajstić information content (AvgIpc) is 3.25. The van der Waals surface area contributed by atoms with Crippen LogP contribution in [-0.2, 0) is 14.4 Å². The van der Waals surface area contributed by atoms with Gasteiger partial charge in [0, 0.05) is 40.7 Å². The van der Waals surface area contributed by atoms with Crippen LogP contribution in [0.25, 0.3) is 0 Å². The van der Waals surface area contributed by atoms with Gasteiger partial charge in [0.05, 0.1) is 5.92 Å². The van der Waals surface area contributed by atoms with Gasteiger partial charge >= 0.3 is 0 Å². The predicted octanol–water partition coefficient (Wildman–Crippen LogP) is 3.05. The van der Waals surface area contributed by atoms with Crippen molar-refractivity contribution in [3.05, 3.63) is 38.0 Å². The first kappa shape index (κ1) is 21.2. The van der Waals surface area contributed by atoms with Gasteiger partial charge < -0.3 is 11.1 Å². The molecule has 2 rings (SSSR count). The molecule has 27 heavy (non-hydrogen) atoms. The Balaban J connectivity index is 2.40. The number of amides is 2. The van der Waals surface area contributed by atoms with Crippen LogP contribution in [0.3, 0.4) is 0 Å². The Bertz CT molecular complexity index is 799. The van der Waals surface area contributed by atoms with Gasteiger partial charge in [-0.2, -0.15) is 0 Å². The highest BCUT2D eigenvalue weighted by Gasteiger charge is 2.37. The van der Waals surface area contributed by atoms with Crippen molar-refractivity contribution in [2.45, 2.75) is 51.4 Å². The topological polar surface area (TPSA) is 102 Å². The summed E-state index contributed by atoms with van der Waals surface area (Å²) in [6.07, 6.45) is 4.05. The Morgan fingerprint density at radius 1 is 1.26 bits per heavy atom. The van der Waals surface area contributed by atoms with Crippen LogP contribution in [-0.4, -0.2) is 29.6 Å². The zero-order valence-electron chi connectivity index (χ0n) is 15.8. The van der Waals surface area contributed by atoms with Gasteiger partial charge in [0.25, 0.3) is 5.91 Å². The first-order chi connectivity index (χ1) is 12.8. The lowest BCUT2D eigenvalue weighted by molar-refractivity contribution is -0.138. The molecule has 0 aliphatic heterocycles. The van der Waals surface area contributed by atoms with Gasteiger partial charge in [-0.05, 0) is 38.3 Å². The van der Waals surface area contributed by atoms with E-state index in [9.17, 15) is 14.4 Å². The highest BCUT2D eigenvalue weighted by atomic mass is 32.1. The molecule has 0 fully saturated rings. The fraction of sp³-hybridized carbons (Fsp3) is 0.474. The van der Waals surface area contributed by atoms with Gasteiger partial charge in [0.1, 0.15) is 5.01 Å². The number of carbonyl (C=O) groups excluding carboxylic acids is 3. The number of aryl methyl sites for hydroxylation is 2. The third-order valence-corrected chi connectivity index (χ3v) is 6.36. The Morgan fingerprint density at radius 2 is 2.00 bits per heavy atom. The lowest BCUT2D eigenvalue weighted by atomic mass is 9.80. The molecule has 2 aromatic heterocycles. The number of hydrogen-bond donors (Lipinski definition) is 2. The number of ketones is 1. The van der Waals surface area contributed by atoms with Gasteiger partial charge in [-0.1, -0.05) is 6.42 Å². The standard InChI is InChI=1S/C19H25N3O3S2/c1-11-10-14(12(2)27-11)13(6-4-5-7-15(20)23)16(17(24)18(25)21-3)19-22-8-9-26-19/h8-10,13,16H,4-7H2,1-3H3,(H2,20,23)(H,21,25). The number of carbonyl (C=O) groups is 3. The first-order valence-corrected chi connectivity index (χ1v) is 10.5. The summed E-state index contributed by atoms with van der Waals surface area (Å²) in [5.74, 6) is -2.21. The minimum absolute atomic E-state index is 0.168. The number of nitrogens with zero attached hydrogens (tertiary/aromatic N) is 1. The second-order valence-corrected chi connectivity index (χ2v) is 8.87. The number of thiophene rings is 1. The number of aromatic nitrogens is 1. The molecule has 6 nitrogen and oxygen atoms in total. The summed E-state index contributed by atoms with van der Waals surface area (Å²) >= 11 is 3.06. The number of unbranched alkanes of at least 4 members (excludes halogenated alkanes) is 1. The molecule has 0 saturated heterocycles. The van der Waals surface area contributed by atoms with E-state index in [2.05, 4.69) is 16.4 Å². The number of likely N-dealkylation sites (N-methyl/N-ethyl adjacent to an activating group) is 1. The van der Waals surface area contributed by atoms with Crippen molar-refractivity contribution in [3.8, 4) is 0 Å². The van der Waals surface area contributed by atoms with Gasteiger partial charge in [-0.25, -0.2) is 4.98 Å². The largest absolute Gasteiger partial charge is 0.370 e. The third-order valence-electron chi connectivity index (χ3n) is 4.52. The van der Waals surface area contributed by atoms with E-state index in [0.717, 1.165) is 21.7 Å². The zero-order chi connectivity index (χ0) is 20.0. The van der Waals surface area contributed by atoms with Crippen LogP contribution >= 0.6 is 22.7 Å². The van der Waals surface area contributed by atoms with E-state index in [1.54, 1.807) is 17.5 Å². The van der Waals surface area contributed by atoms with E-state index >= 15 is 0 Å². The molecule has 0 bridgehead atoms. The molecule has 2 atom stereocenters. The smallest absolute Gasteiger partial charge is 0.287 e. The quantitative estimate of drug-likeness (QED) is 0.467. The van der Waals surface area contributed by atoms with E-state index in [1.807, 2.05) is 19.2 Å². The molecule has 0 aromatic carbocycles.